The number of nitrogens with two attached hydrogens (primary N) is 1. The number of benzene rings is 1. The molecule has 0 spiro atoms. The van der Waals surface area contributed by atoms with Crippen LogP contribution in [0.25, 0.3) is 11.4 Å². The molecule has 0 aliphatic rings. The van der Waals surface area contributed by atoms with E-state index < -0.39 is 0 Å². The maximum Gasteiger partial charge on any atom is 0.159 e. The van der Waals surface area contributed by atoms with Gasteiger partial charge in [0.1, 0.15) is 5.82 Å². The molecule has 2 aromatic rings. The van der Waals surface area contributed by atoms with Crippen LogP contribution in [-0.2, 0) is 6.42 Å². The van der Waals surface area contributed by atoms with Gasteiger partial charge in [0.25, 0.3) is 0 Å². The average molecular weight is 245 g/mol. The highest BCUT2D eigenvalue weighted by Crippen LogP contribution is 2.17. The van der Waals surface area contributed by atoms with Gasteiger partial charge in [0.15, 0.2) is 5.82 Å². The molecule has 1 atom stereocenters. The molecule has 0 radical (unpaired) electrons. The van der Waals surface area contributed by atoms with Crippen molar-refractivity contribution in [3.05, 3.63) is 47.5 Å². The summed E-state index contributed by atoms with van der Waals surface area (Å²) in [5.41, 5.74) is 8.20. The Morgan fingerprint density at radius 3 is 2.72 bits per heavy atom. The fourth-order valence-corrected chi connectivity index (χ4v) is 1.82. The van der Waals surface area contributed by atoms with E-state index in [-0.39, 0.29) is 11.9 Å². The molecule has 0 aliphatic heterocycles. The normalized spacial score (nSPS) is 12.4. The van der Waals surface area contributed by atoms with Gasteiger partial charge in [-0.15, -0.1) is 0 Å². The second-order valence-corrected chi connectivity index (χ2v) is 4.52. The number of rotatable bonds is 3. The Bertz CT molecular complexity index is 552. The smallest absolute Gasteiger partial charge is 0.159 e. The third-order valence-electron chi connectivity index (χ3n) is 2.52. The lowest BCUT2D eigenvalue weighted by atomic mass is 10.1. The van der Waals surface area contributed by atoms with Crippen LogP contribution >= 0.6 is 0 Å². The van der Waals surface area contributed by atoms with Gasteiger partial charge < -0.3 is 5.73 Å². The maximum absolute atomic E-state index is 13.2. The highest BCUT2D eigenvalue weighted by molar-refractivity contribution is 5.55. The van der Waals surface area contributed by atoms with Crippen molar-refractivity contribution < 1.29 is 4.39 Å². The zero-order valence-corrected chi connectivity index (χ0v) is 10.5. The van der Waals surface area contributed by atoms with Crippen molar-refractivity contribution in [1.29, 1.82) is 0 Å². The van der Waals surface area contributed by atoms with E-state index >= 15 is 0 Å². The third-order valence-corrected chi connectivity index (χ3v) is 2.52. The first-order valence-electron chi connectivity index (χ1n) is 5.90. The van der Waals surface area contributed by atoms with Crippen LogP contribution < -0.4 is 5.73 Å². The van der Waals surface area contributed by atoms with Crippen LogP contribution in [0.3, 0.4) is 0 Å². The summed E-state index contributed by atoms with van der Waals surface area (Å²) in [7, 11) is 0. The molecule has 2 rings (SSSR count). The topological polar surface area (TPSA) is 51.8 Å². The summed E-state index contributed by atoms with van der Waals surface area (Å²) >= 11 is 0. The lowest BCUT2D eigenvalue weighted by Gasteiger charge is -2.08. The Balaban J connectivity index is 2.41. The second-order valence-electron chi connectivity index (χ2n) is 4.52. The molecule has 0 aliphatic carbocycles. The molecule has 1 aromatic heterocycles. The maximum atomic E-state index is 13.2. The highest BCUT2D eigenvalue weighted by atomic mass is 19.1. The van der Waals surface area contributed by atoms with E-state index in [0.29, 0.717) is 17.8 Å². The molecular weight excluding hydrogens is 229 g/mol. The summed E-state index contributed by atoms with van der Waals surface area (Å²) in [5.74, 6) is 0.261. The van der Waals surface area contributed by atoms with Crippen molar-refractivity contribution in [1.82, 2.24) is 9.97 Å². The molecule has 3 nitrogen and oxygen atoms in total. The molecule has 18 heavy (non-hydrogen) atoms. The zero-order valence-electron chi connectivity index (χ0n) is 10.5. The van der Waals surface area contributed by atoms with Gasteiger partial charge in [0.2, 0.25) is 0 Å². The van der Waals surface area contributed by atoms with Gasteiger partial charge in [-0.3, -0.25) is 0 Å². The number of aromatic nitrogens is 2. The molecule has 1 aromatic carbocycles. The van der Waals surface area contributed by atoms with E-state index in [1.807, 2.05) is 19.9 Å². The fourth-order valence-electron chi connectivity index (χ4n) is 1.82. The molecule has 0 amide bonds. The summed E-state index contributed by atoms with van der Waals surface area (Å²) in [6, 6.07) is 8.24. The van der Waals surface area contributed by atoms with E-state index in [4.69, 9.17) is 5.73 Å². The van der Waals surface area contributed by atoms with Crippen molar-refractivity contribution in [2.24, 2.45) is 5.73 Å². The van der Waals surface area contributed by atoms with Crippen LogP contribution in [0.1, 0.15) is 18.3 Å². The van der Waals surface area contributed by atoms with Gasteiger partial charge in [-0.2, -0.15) is 0 Å². The summed E-state index contributed by atoms with van der Waals surface area (Å²) in [6.07, 6.45) is 0.686. The molecule has 0 saturated carbocycles. The number of halogens is 1. The molecule has 0 bridgehead atoms. The Labute approximate surface area is 106 Å². The van der Waals surface area contributed by atoms with Crippen LogP contribution in [-0.4, -0.2) is 16.0 Å². The fraction of sp³-hybridized carbons (Fsp3) is 0.286. The molecular formula is C14H16FN3. The number of hydrogen-bond donors (Lipinski definition) is 1. The summed E-state index contributed by atoms with van der Waals surface area (Å²) in [6.45, 7) is 3.83. The molecule has 1 heterocycles. The van der Waals surface area contributed by atoms with Crippen molar-refractivity contribution in [3.63, 3.8) is 0 Å². The van der Waals surface area contributed by atoms with Gasteiger partial charge in [-0.25, -0.2) is 14.4 Å². The van der Waals surface area contributed by atoms with Gasteiger partial charge in [-0.1, -0.05) is 12.1 Å². The Morgan fingerprint density at radius 2 is 2.06 bits per heavy atom. The Kier molecular flexibility index (Phi) is 3.67. The first-order valence-corrected chi connectivity index (χ1v) is 5.90. The van der Waals surface area contributed by atoms with E-state index in [1.54, 1.807) is 12.1 Å². The van der Waals surface area contributed by atoms with E-state index in [1.165, 1.54) is 12.1 Å². The quantitative estimate of drug-likeness (QED) is 0.903. The monoisotopic (exact) mass is 245 g/mol. The van der Waals surface area contributed by atoms with E-state index in [9.17, 15) is 4.39 Å². The minimum absolute atomic E-state index is 0.0414. The minimum atomic E-state index is -0.286. The molecule has 0 fully saturated rings. The zero-order chi connectivity index (χ0) is 13.1. The largest absolute Gasteiger partial charge is 0.328 e. The second kappa shape index (κ2) is 5.23. The Hall–Kier alpha value is -1.81. The molecule has 1 unspecified atom stereocenters. The predicted molar refractivity (Wildman–Crippen MR) is 69.5 cm³/mol. The van der Waals surface area contributed by atoms with Crippen LogP contribution in [0.4, 0.5) is 4.39 Å². The highest BCUT2D eigenvalue weighted by Gasteiger charge is 2.07. The lowest BCUT2D eigenvalue weighted by Crippen LogP contribution is -2.19. The minimum Gasteiger partial charge on any atom is -0.328 e. The third kappa shape index (κ3) is 3.11. The van der Waals surface area contributed by atoms with Crippen molar-refractivity contribution in [2.75, 3.05) is 0 Å². The molecule has 0 saturated heterocycles. The van der Waals surface area contributed by atoms with Crippen molar-refractivity contribution in [2.45, 2.75) is 26.3 Å². The Morgan fingerprint density at radius 1 is 1.28 bits per heavy atom. The van der Waals surface area contributed by atoms with Gasteiger partial charge >= 0.3 is 0 Å². The van der Waals surface area contributed by atoms with Crippen molar-refractivity contribution >= 4 is 0 Å². The van der Waals surface area contributed by atoms with Crippen LogP contribution in [0.5, 0.6) is 0 Å². The first-order chi connectivity index (χ1) is 8.54. The van der Waals surface area contributed by atoms with Crippen LogP contribution in [0.15, 0.2) is 30.3 Å². The summed E-state index contributed by atoms with van der Waals surface area (Å²) < 4.78 is 13.2. The predicted octanol–water partition coefficient (Wildman–Crippen LogP) is 2.48. The van der Waals surface area contributed by atoms with Crippen LogP contribution in [0.2, 0.25) is 0 Å². The van der Waals surface area contributed by atoms with Gasteiger partial charge in [-0.05, 0) is 32.0 Å². The summed E-state index contributed by atoms with van der Waals surface area (Å²) in [4.78, 5) is 8.76. The SMILES string of the molecule is Cc1cc(CC(C)N)nc(-c2cccc(F)c2)n1. The van der Waals surface area contributed by atoms with Gasteiger partial charge in [0.05, 0.1) is 0 Å². The van der Waals surface area contributed by atoms with E-state index in [0.717, 1.165) is 11.4 Å². The standard InChI is InChI=1S/C14H16FN3/c1-9(16)6-13-7-10(2)17-14(18-13)11-4-3-5-12(15)8-11/h3-5,7-9H,6,16H2,1-2H3. The average Bonchev–Trinajstić information content (AvgIpc) is 2.27. The lowest BCUT2D eigenvalue weighted by molar-refractivity contribution is 0.628. The number of hydrogen-bond acceptors (Lipinski definition) is 3. The van der Waals surface area contributed by atoms with E-state index in [2.05, 4.69) is 9.97 Å². The molecule has 94 valence electrons. The van der Waals surface area contributed by atoms with Crippen molar-refractivity contribution in [3.8, 4) is 11.4 Å². The summed E-state index contributed by atoms with van der Waals surface area (Å²) in [5, 5.41) is 0. The molecule has 2 N–H and O–H groups in total. The molecule has 4 heteroatoms. The first kappa shape index (κ1) is 12.6. The number of aryl methyl sites for hydroxylation is 1. The number of nitrogens with zero attached hydrogens (tertiary/aromatic N) is 2. The van der Waals surface area contributed by atoms with Gasteiger partial charge in [0, 0.05) is 29.4 Å². The van der Waals surface area contributed by atoms with Crippen LogP contribution in [0, 0.1) is 12.7 Å².